The summed E-state index contributed by atoms with van der Waals surface area (Å²) in [4.78, 5) is 32.0. The summed E-state index contributed by atoms with van der Waals surface area (Å²) in [6.45, 7) is 0. The molecule has 2 aromatic heterocycles. The number of hydrogen-bond acceptors (Lipinski definition) is 7. The summed E-state index contributed by atoms with van der Waals surface area (Å²) in [5.74, 6) is -0.431. The molecular formula is C17H17N3O3S2. The first-order chi connectivity index (χ1) is 12.1. The number of fused-ring (bicyclic) bond motifs is 1. The number of para-hydroxylation sites is 1. The highest BCUT2D eigenvalue weighted by molar-refractivity contribution is 7.18. The fourth-order valence-corrected chi connectivity index (χ4v) is 4.01. The van der Waals surface area contributed by atoms with Gasteiger partial charge < -0.3 is 10.1 Å². The van der Waals surface area contributed by atoms with Crippen molar-refractivity contribution >= 4 is 49.9 Å². The molecule has 0 atom stereocenters. The molecule has 2 heterocycles. The average Bonchev–Trinajstić information content (AvgIpc) is 3.20. The van der Waals surface area contributed by atoms with Gasteiger partial charge in [-0.05, 0) is 25.0 Å². The second kappa shape index (κ2) is 8.17. The summed E-state index contributed by atoms with van der Waals surface area (Å²) in [5, 5.41) is 6.06. The van der Waals surface area contributed by atoms with E-state index in [0.29, 0.717) is 17.2 Å². The average molecular weight is 375 g/mol. The van der Waals surface area contributed by atoms with Crippen LogP contribution in [0, 0.1) is 0 Å². The highest BCUT2D eigenvalue weighted by atomic mass is 32.1. The molecule has 0 unspecified atom stereocenters. The summed E-state index contributed by atoms with van der Waals surface area (Å²) >= 11 is 2.97. The Balaban J connectivity index is 1.45. The van der Waals surface area contributed by atoms with E-state index in [1.165, 1.54) is 23.1 Å². The number of aromatic nitrogens is 2. The van der Waals surface area contributed by atoms with Crippen LogP contribution in [0.5, 0.6) is 0 Å². The third-order valence-corrected chi connectivity index (χ3v) is 5.39. The zero-order valence-electron chi connectivity index (χ0n) is 13.7. The predicted molar refractivity (Wildman–Crippen MR) is 99.0 cm³/mol. The number of amides is 1. The summed E-state index contributed by atoms with van der Waals surface area (Å²) < 4.78 is 5.76. The molecule has 0 radical (unpaired) electrons. The van der Waals surface area contributed by atoms with Gasteiger partial charge in [-0.15, -0.1) is 22.7 Å². The van der Waals surface area contributed by atoms with Crippen LogP contribution in [0.25, 0.3) is 10.2 Å². The maximum atomic E-state index is 12.0. The maximum absolute atomic E-state index is 12.0. The van der Waals surface area contributed by atoms with Crippen LogP contribution in [0.15, 0.2) is 29.6 Å². The first-order valence-corrected chi connectivity index (χ1v) is 9.49. The number of rotatable bonds is 7. The molecule has 1 N–H and O–H groups in total. The number of ether oxygens (including phenoxy) is 1. The van der Waals surface area contributed by atoms with Gasteiger partial charge >= 0.3 is 5.97 Å². The first kappa shape index (κ1) is 17.5. The van der Waals surface area contributed by atoms with Crippen LogP contribution in [-0.4, -0.2) is 29.0 Å². The SMILES string of the molecule is COC(=O)Cc1csc(NC(=O)CCCc2nc3ccccc3s2)n1. The number of carbonyl (C=O) groups excluding carboxylic acids is 2. The summed E-state index contributed by atoms with van der Waals surface area (Å²) in [6.07, 6.45) is 2.02. The van der Waals surface area contributed by atoms with Crippen LogP contribution in [0.3, 0.4) is 0 Å². The molecule has 3 rings (SSSR count). The summed E-state index contributed by atoms with van der Waals surface area (Å²) in [7, 11) is 1.34. The molecule has 3 aromatic rings. The number of hydrogen-bond donors (Lipinski definition) is 1. The fourth-order valence-electron chi connectivity index (χ4n) is 2.27. The smallest absolute Gasteiger partial charge is 0.311 e. The lowest BCUT2D eigenvalue weighted by Crippen LogP contribution is -2.11. The molecule has 1 aromatic carbocycles. The Kier molecular flexibility index (Phi) is 5.72. The molecule has 0 aliphatic carbocycles. The number of esters is 1. The molecule has 0 spiro atoms. The fraction of sp³-hybridized carbons (Fsp3) is 0.294. The highest BCUT2D eigenvalue weighted by Crippen LogP contribution is 2.23. The van der Waals surface area contributed by atoms with Crippen LogP contribution in [0.4, 0.5) is 5.13 Å². The quantitative estimate of drug-likeness (QED) is 0.640. The standard InChI is InChI=1S/C17H17N3O3S2/c1-23-16(22)9-11-10-24-17(18-11)20-14(21)7-4-8-15-19-12-5-2-3-6-13(12)25-15/h2-3,5-6,10H,4,7-9H2,1H3,(H,18,20,21). The lowest BCUT2D eigenvalue weighted by Gasteiger charge is -2.00. The van der Waals surface area contributed by atoms with Crippen LogP contribution in [-0.2, 0) is 27.2 Å². The lowest BCUT2D eigenvalue weighted by molar-refractivity contribution is -0.139. The van der Waals surface area contributed by atoms with E-state index < -0.39 is 0 Å². The first-order valence-electron chi connectivity index (χ1n) is 7.79. The van der Waals surface area contributed by atoms with Crippen molar-refractivity contribution in [3.05, 3.63) is 40.3 Å². The molecule has 0 aliphatic heterocycles. The third-order valence-electron chi connectivity index (χ3n) is 3.48. The van der Waals surface area contributed by atoms with Crippen molar-refractivity contribution in [3.63, 3.8) is 0 Å². The van der Waals surface area contributed by atoms with Gasteiger partial charge in [0.2, 0.25) is 5.91 Å². The van der Waals surface area contributed by atoms with Crippen molar-refractivity contribution in [2.75, 3.05) is 12.4 Å². The Morgan fingerprint density at radius 1 is 1.24 bits per heavy atom. The summed E-state index contributed by atoms with van der Waals surface area (Å²) in [6, 6.07) is 8.02. The number of thiazole rings is 2. The van der Waals surface area contributed by atoms with Gasteiger partial charge in [0.25, 0.3) is 0 Å². The number of carbonyl (C=O) groups is 2. The number of nitrogens with zero attached hydrogens (tertiary/aromatic N) is 2. The predicted octanol–water partition coefficient (Wildman–Crippen LogP) is 3.43. The van der Waals surface area contributed by atoms with Crippen molar-refractivity contribution in [3.8, 4) is 0 Å². The van der Waals surface area contributed by atoms with Gasteiger partial charge in [0.05, 0.1) is 34.4 Å². The zero-order valence-corrected chi connectivity index (χ0v) is 15.3. The number of anilines is 1. The number of benzene rings is 1. The van der Waals surface area contributed by atoms with E-state index in [1.807, 2.05) is 18.2 Å². The molecule has 25 heavy (non-hydrogen) atoms. The van der Waals surface area contributed by atoms with Gasteiger partial charge in [0.1, 0.15) is 0 Å². The van der Waals surface area contributed by atoms with E-state index in [0.717, 1.165) is 23.4 Å². The van der Waals surface area contributed by atoms with Gasteiger partial charge in [-0.1, -0.05) is 12.1 Å². The summed E-state index contributed by atoms with van der Waals surface area (Å²) in [5.41, 5.74) is 1.61. The largest absolute Gasteiger partial charge is 0.469 e. The monoisotopic (exact) mass is 375 g/mol. The molecule has 130 valence electrons. The Labute approximate surface area is 152 Å². The van der Waals surface area contributed by atoms with Crippen molar-refractivity contribution in [2.24, 2.45) is 0 Å². The van der Waals surface area contributed by atoms with Crippen LogP contribution in [0.2, 0.25) is 0 Å². The second-order valence-corrected chi connectivity index (χ2v) is 7.35. The Hall–Kier alpha value is -2.32. The Bertz CT molecular complexity index is 855. The van der Waals surface area contributed by atoms with E-state index in [2.05, 4.69) is 26.1 Å². The van der Waals surface area contributed by atoms with E-state index in [-0.39, 0.29) is 18.3 Å². The van der Waals surface area contributed by atoms with Crippen LogP contribution < -0.4 is 5.32 Å². The molecule has 8 heteroatoms. The van der Waals surface area contributed by atoms with E-state index in [4.69, 9.17) is 0 Å². The highest BCUT2D eigenvalue weighted by Gasteiger charge is 2.10. The molecular weight excluding hydrogens is 358 g/mol. The van der Waals surface area contributed by atoms with Crippen LogP contribution >= 0.6 is 22.7 Å². The van der Waals surface area contributed by atoms with Gasteiger partial charge in [0.15, 0.2) is 5.13 Å². The topological polar surface area (TPSA) is 81.2 Å². The van der Waals surface area contributed by atoms with Crippen molar-refractivity contribution in [2.45, 2.75) is 25.7 Å². The van der Waals surface area contributed by atoms with Crippen molar-refractivity contribution in [1.29, 1.82) is 0 Å². The number of nitrogens with one attached hydrogen (secondary N) is 1. The van der Waals surface area contributed by atoms with Gasteiger partial charge in [0, 0.05) is 11.8 Å². The number of methoxy groups -OCH3 is 1. The molecule has 0 fully saturated rings. The van der Waals surface area contributed by atoms with Crippen molar-refractivity contribution in [1.82, 2.24) is 9.97 Å². The molecule has 0 saturated heterocycles. The minimum atomic E-state index is -0.348. The van der Waals surface area contributed by atoms with E-state index >= 15 is 0 Å². The normalized spacial score (nSPS) is 10.8. The third kappa shape index (κ3) is 4.83. The Morgan fingerprint density at radius 3 is 2.88 bits per heavy atom. The van der Waals surface area contributed by atoms with Crippen LogP contribution in [0.1, 0.15) is 23.5 Å². The van der Waals surface area contributed by atoms with Crippen molar-refractivity contribution < 1.29 is 14.3 Å². The molecule has 0 aliphatic rings. The van der Waals surface area contributed by atoms with Gasteiger partial charge in [-0.25, -0.2) is 9.97 Å². The number of aryl methyl sites for hydroxylation is 1. The Morgan fingerprint density at radius 2 is 2.08 bits per heavy atom. The zero-order chi connectivity index (χ0) is 17.6. The molecule has 1 amide bonds. The maximum Gasteiger partial charge on any atom is 0.311 e. The minimum Gasteiger partial charge on any atom is -0.469 e. The van der Waals surface area contributed by atoms with Gasteiger partial charge in [-0.3, -0.25) is 9.59 Å². The minimum absolute atomic E-state index is 0.0833. The van der Waals surface area contributed by atoms with E-state index in [9.17, 15) is 9.59 Å². The lowest BCUT2D eigenvalue weighted by atomic mass is 10.2. The molecule has 6 nitrogen and oxygen atoms in total. The molecule has 0 bridgehead atoms. The van der Waals surface area contributed by atoms with E-state index in [1.54, 1.807) is 16.7 Å². The molecule has 0 saturated carbocycles. The second-order valence-electron chi connectivity index (χ2n) is 5.37. The van der Waals surface area contributed by atoms with Gasteiger partial charge in [-0.2, -0.15) is 0 Å².